The topological polar surface area (TPSA) is 23.8 Å². The van der Waals surface area contributed by atoms with Crippen LogP contribution in [-0.2, 0) is 0 Å². The molecule has 0 heterocycles. The van der Waals surface area contributed by atoms with Gasteiger partial charge in [0.1, 0.15) is 0 Å². The van der Waals surface area contributed by atoms with Crippen molar-refractivity contribution in [3.05, 3.63) is 9.21 Å². The molecule has 0 saturated heterocycles. The third-order valence-electron chi connectivity index (χ3n) is 0.440. The van der Waals surface area contributed by atoms with Crippen LogP contribution in [0.4, 0.5) is 0 Å². The van der Waals surface area contributed by atoms with Gasteiger partial charge in [-0.1, -0.05) is 0 Å². The molecule has 0 aliphatic heterocycles. The quantitative estimate of drug-likeness (QED) is 0.467. The van der Waals surface area contributed by atoms with Crippen LogP contribution in [0, 0.1) is 11.3 Å². The van der Waals surface area contributed by atoms with E-state index in [9.17, 15) is 0 Å². The Labute approximate surface area is 53.3 Å². The summed E-state index contributed by atoms with van der Waals surface area (Å²) in [6.07, 6.45) is 1.85. The van der Waals surface area contributed by atoms with Gasteiger partial charge in [0.05, 0.1) is 0 Å². The van der Waals surface area contributed by atoms with Crippen molar-refractivity contribution in [3.63, 3.8) is 0 Å². The van der Waals surface area contributed by atoms with E-state index in [0.717, 1.165) is 3.13 Å². The summed E-state index contributed by atoms with van der Waals surface area (Å²) in [6, 6.07) is 2.05. The first kappa shape index (κ1) is 6.15. The molecule has 0 aromatic rings. The summed E-state index contributed by atoms with van der Waals surface area (Å²) in [4.78, 5) is 0. The van der Waals surface area contributed by atoms with Crippen molar-refractivity contribution in [1.82, 2.24) is 0 Å². The van der Waals surface area contributed by atoms with Gasteiger partial charge in [0.25, 0.3) is 0 Å². The van der Waals surface area contributed by atoms with Crippen molar-refractivity contribution in [2.45, 2.75) is 6.92 Å². The summed E-state index contributed by atoms with van der Waals surface area (Å²) in [5, 5.41) is 8.06. The standard InChI is InChI=1S/C4H4N.Tl/c1-2-3-4-5;/h2H,1H3;. The van der Waals surface area contributed by atoms with Crippen LogP contribution in [0.1, 0.15) is 6.92 Å². The molecule has 0 spiro atoms. The molecule has 0 aliphatic carbocycles. The summed E-state index contributed by atoms with van der Waals surface area (Å²) in [7, 11) is 0. The minimum atomic E-state index is 0.713. The number of nitrogens with zero attached hydrogens (tertiary/aromatic N) is 1. The van der Waals surface area contributed by atoms with E-state index in [0.29, 0.717) is 25.8 Å². The van der Waals surface area contributed by atoms with Crippen molar-refractivity contribution in [2.24, 2.45) is 0 Å². The number of hydrogen-bond acceptors (Lipinski definition) is 1. The van der Waals surface area contributed by atoms with Crippen molar-refractivity contribution in [2.75, 3.05) is 0 Å². The predicted molar refractivity (Wildman–Crippen MR) is 25.1 cm³/mol. The Morgan fingerprint density at radius 2 is 2.50 bits per heavy atom. The van der Waals surface area contributed by atoms with Gasteiger partial charge in [0.15, 0.2) is 0 Å². The van der Waals surface area contributed by atoms with Gasteiger partial charge in [-0.3, -0.25) is 0 Å². The summed E-state index contributed by atoms with van der Waals surface area (Å²) < 4.78 is 0.940. The van der Waals surface area contributed by atoms with Crippen LogP contribution >= 0.6 is 0 Å². The molecule has 0 unspecified atom stereocenters. The van der Waals surface area contributed by atoms with Gasteiger partial charge >= 0.3 is 53.2 Å². The van der Waals surface area contributed by atoms with Crippen LogP contribution in [0.3, 0.4) is 0 Å². The number of hydrogen-bond donors (Lipinski definition) is 0. The first-order chi connectivity index (χ1) is 2.81. The Bertz CT molecular complexity index is 98.6. The van der Waals surface area contributed by atoms with Crippen molar-refractivity contribution >= 4 is 25.8 Å². The van der Waals surface area contributed by atoms with Crippen LogP contribution in [0.15, 0.2) is 9.21 Å². The summed E-state index contributed by atoms with van der Waals surface area (Å²) in [5.74, 6) is 0. The molecule has 0 aliphatic rings. The second-order valence-electron chi connectivity index (χ2n) is 0.856. The van der Waals surface area contributed by atoms with Crippen LogP contribution in [0.2, 0.25) is 0 Å². The van der Waals surface area contributed by atoms with Gasteiger partial charge in [0, 0.05) is 0 Å². The third-order valence-corrected chi connectivity index (χ3v) is 2.24. The van der Waals surface area contributed by atoms with Crippen LogP contribution in [-0.4, -0.2) is 25.8 Å². The van der Waals surface area contributed by atoms with Crippen LogP contribution in [0.25, 0.3) is 0 Å². The van der Waals surface area contributed by atoms with E-state index in [2.05, 4.69) is 0 Å². The third kappa shape index (κ3) is 2.39. The predicted octanol–water partition coefficient (Wildman–Crippen LogP) is 0.582. The normalized spacial score (nSPS) is 10.2. The number of allylic oxidation sites excluding steroid dienone is 2. The van der Waals surface area contributed by atoms with E-state index < -0.39 is 0 Å². The van der Waals surface area contributed by atoms with E-state index in [4.69, 9.17) is 5.26 Å². The van der Waals surface area contributed by atoms with Gasteiger partial charge in [-0.15, -0.1) is 0 Å². The molecule has 0 radical (unpaired) electrons. The molecule has 0 aromatic heterocycles. The fourth-order valence-electron chi connectivity index (χ4n) is 0.0645. The average Bonchev–Trinajstić information content (AvgIpc) is 1.65. The average molecular weight is 270 g/mol. The molecule has 1 nitrogen and oxygen atoms in total. The Morgan fingerprint density at radius 1 is 2.00 bits per heavy atom. The van der Waals surface area contributed by atoms with Crippen LogP contribution < -0.4 is 0 Å². The minimum absolute atomic E-state index is 0.713. The zero-order chi connectivity index (χ0) is 4.99. The number of nitriles is 1. The van der Waals surface area contributed by atoms with Crippen molar-refractivity contribution in [3.8, 4) is 6.07 Å². The Kier molecular flexibility index (Phi) is 3.43. The molecular formula is C4H4NTl. The molecule has 6 heavy (non-hydrogen) atoms. The summed E-state index contributed by atoms with van der Waals surface area (Å²) in [6.45, 7) is 1.89. The van der Waals surface area contributed by atoms with E-state index in [1.54, 1.807) is 0 Å². The second kappa shape index (κ2) is 3.35. The van der Waals surface area contributed by atoms with Crippen LogP contribution in [0.5, 0.6) is 0 Å². The zero-order valence-corrected chi connectivity index (χ0v) is 8.09. The Hall–Kier alpha value is 0.152. The van der Waals surface area contributed by atoms with Gasteiger partial charge < -0.3 is 0 Å². The van der Waals surface area contributed by atoms with E-state index >= 15 is 0 Å². The van der Waals surface area contributed by atoms with Gasteiger partial charge in [-0.2, -0.15) is 0 Å². The Morgan fingerprint density at radius 3 is 2.50 bits per heavy atom. The van der Waals surface area contributed by atoms with Gasteiger partial charge in [-0.25, -0.2) is 0 Å². The molecular weight excluding hydrogens is 266 g/mol. The first-order valence-corrected chi connectivity index (χ1v) is 3.87. The summed E-state index contributed by atoms with van der Waals surface area (Å²) in [5.41, 5.74) is 0. The molecule has 2 heteroatoms. The van der Waals surface area contributed by atoms with E-state index in [-0.39, 0.29) is 0 Å². The molecule has 0 bridgehead atoms. The molecule has 0 amide bonds. The molecule has 0 N–H and O–H groups in total. The van der Waals surface area contributed by atoms with Crippen molar-refractivity contribution < 1.29 is 0 Å². The molecule has 28 valence electrons. The maximum absolute atomic E-state index is 8.06. The van der Waals surface area contributed by atoms with Gasteiger partial charge in [0.2, 0.25) is 0 Å². The van der Waals surface area contributed by atoms with E-state index in [1.807, 2.05) is 19.1 Å². The second-order valence-corrected chi connectivity index (χ2v) is 3.27. The van der Waals surface area contributed by atoms with Crippen molar-refractivity contribution in [1.29, 1.82) is 5.26 Å². The fourth-order valence-corrected chi connectivity index (χ4v) is 0.0645. The fraction of sp³-hybridized carbons (Fsp3) is 0.250. The van der Waals surface area contributed by atoms with E-state index in [1.165, 1.54) is 0 Å². The first-order valence-electron chi connectivity index (χ1n) is 1.63. The summed E-state index contributed by atoms with van der Waals surface area (Å²) >= 11 is 0.713. The SMILES string of the molecule is C/C=[C](/[Tl])C#N. The monoisotopic (exact) mass is 271 g/mol. The van der Waals surface area contributed by atoms with Gasteiger partial charge in [-0.05, 0) is 0 Å². The molecule has 0 atom stereocenters. The molecule has 0 aromatic carbocycles. The maximum atomic E-state index is 8.06. The zero-order valence-electron chi connectivity index (χ0n) is 3.60. The molecule has 0 saturated carbocycles. The molecule has 0 fully saturated rings. The Balaban J connectivity index is 3.61. The number of rotatable bonds is 0. The molecule has 0 rings (SSSR count).